The van der Waals surface area contributed by atoms with E-state index < -0.39 is 5.54 Å². The molecule has 3 aliphatic rings. The summed E-state index contributed by atoms with van der Waals surface area (Å²) < 4.78 is 2.14. The Morgan fingerprint density at radius 3 is 2.42 bits per heavy atom. The fourth-order valence-corrected chi connectivity index (χ4v) is 5.78. The van der Waals surface area contributed by atoms with Crippen LogP contribution in [0.25, 0.3) is 11.4 Å². The molecule has 31 heavy (non-hydrogen) atoms. The topological polar surface area (TPSA) is 60.9 Å². The molecular weight excluding hydrogens is 406 g/mol. The number of rotatable bonds is 4. The highest BCUT2D eigenvalue weighted by atomic mass is 35.5. The Balaban J connectivity index is 0.000000244. The van der Waals surface area contributed by atoms with Crippen molar-refractivity contribution in [2.45, 2.75) is 51.0 Å². The SMILES string of the molecule is CC12CCC1CC2.NC(=O)CCC1(c2ccc(Cl)cc2)c2ccccc2-c2nccn21. The van der Waals surface area contributed by atoms with Gasteiger partial charge in [0.2, 0.25) is 5.91 Å². The van der Waals surface area contributed by atoms with Crippen LogP contribution in [-0.4, -0.2) is 15.5 Å². The van der Waals surface area contributed by atoms with Crippen molar-refractivity contribution >= 4 is 17.5 Å². The van der Waals surface area contributed by atoms with E-state index in [-0.39, 0.29) is 12.3 Å². The van der Waals surface area contributed by atoms with Crippen molar-refractivity contribution in [3.63, 3.8) is 0 Å². The minimum Gasteiger partial charge on any atom is -0.370 e. The third-order valence-electron chi connectivity index (χ3n) is 7.83. The van der Waals surface area contributed by atoms with Gasteiger partial charge in [-0.2, -0.15) is 0 Å². The van der Waals surface area contributed by atoms with Gasteiger partial charge in [0, 0.05) is 29.4 Å². The van der Waals surface area contributed by atoms with Crippen molar-refractivity contribution in [3.05, 3.63) is 77.1 Å². The Morgan fingerprint density at radius 1 is 1.16 bits per heavy atom. The zero-order valence-electron chi connectivity index (χ0n) is 17.9. The Kier molecular flexibility index (Phi) is 4.93. The van der Waals surface area contributed by atoms with Gasteiger partial charge in [0.25, 0.3) is 0 Å². The van der Waals surface area contributed by atoms with Crippen molar-refractivity contribution in [2.75, 3.05) is 0 Å². The van der Waals surface area contributed by atoms with Crippen LogP contribution < -0.4 is 5.73 Å². The molecule has 2 N–H and O–H groups in total. The molecule has 2 aromatic carbocycles. The van der Waals surface area contributed by atoms with Gasteiger partial charge in [-0.05, 0) is 66.7 Å². The molecule has 4 nitrogen and oxygen atoms in total. The molecule has 2 saturated carbocycles. The van der Waals surface area contributed by atoms with Crippen molar-refractivity contribution in [1.29, 1.82) is 0 Å². The second-order valence-corrected chi connectivity index (χ2v) is 9.86. The molecule has 0 bridgehead atoms. The highest BCUT2D eigenvalue weighted by Gasteiger charge is 2.49. The van der Waals surface area contributed by atoms with Crippen LogP contribution in [0.1, 0.15) is 56.6 Å². The summed E-state index contributed by atoms with van der Waals surface area (Å²) >= 11 is 6.08. The summed E-state index contributed by atoms with van der Waals surface area (Å²) in [5.41, 5.74) is 9.11. The van der Waals surface area contributed by atoms with Crippen LogP contribution in [0.2, 0.25) is 5.02 Å². The first-order chi connectivity index (χ1) is 14.9. The second-order valence-electron chi connectivity index (χ2n) is 9.43. The summed E-state index contributed by atoms with van der Waals surface area (Å²) in [5, 5.41) is 0.681. The van der Waals surface area contributed by atoms with Crippen molar-refractivity contribution in [2.24, 2.45) is 17.1 Å². The van der Waals surface area contributed by atoms with E-state index in [9.17, 15) is 4.79 Å². The quantitative estimate of drug-likeness (QED) is 0.567. The molecule has 2 aliphatic carbocycles. The standard InChI is InChI=1S/C19H16ClN3O.C7H12/c20-14-7-5-13(6-8-14)19(10-9-17(21)24)16-4-2-1-3-15(16)18-22-11-12-23(18)19;1-7-4-2-6(7)3-5-7/h1-8,11-12H,9-10H2,(H2,21,24);6H,2-5H2,1H3. The van der Waals surface area contributed by atoms with Crippen LogP contribution >= 0.6 is 11.6 Å². The van der Waals surface area contributed by atoms with E-state index in [1.807, 2.05) is 42.6 Å². The molecule has 1 atom stereocenters. The maximum Gasteiger partial charge on any atom is 0.217 e. The lowest BCUT2D eigenvalue weighted by molar-refractivity contribution is -0.118. The fourth-order valence-electron chi connectivity index (χ4n) is 5.65. The normalized spacial score (nSPS) is 27.0. The van der Waals surface area contributed by atoms with Gasteiger partial charge < -0.3 is 10.3 Å². The van der Waals surface area contributed by atoms with Crippen LogP contribution in [0.3, 0.4) is 0 Å². The third-order valence-corrected chi connectivity index (χ3v) is 8.09. The average molecular weight is 434 g/mol. The summed E-state index contributed by atoms with van der Waals surface area (Å²) in [6.07, 6.45) is 10.7. The molecule has 1 aromatic heterocycles. The number of aromatic nitrogens is 2. The Bertz CT molecular complexity index is 1110. The molecule has 1 aliphatic heterocycles. The number of carbonyl (C=O) groups is 1. The van der Waals surface area contributed by atoms with Gasteiger partial charge in [-0.25, -0.2) is 4.98 Å². The Hall–Kier alpha value is -2.59. The van der Waals surface area contributed by atoms with Gasteiger partial charge in [0.15, 0.2) is 0 Å². The lowest BCUT2D eigenvalue weighted by atomic mass is 9.49. The molecule has 0 radical (unpaired) electrons. The predicted molar refractivity (Wildman–Crippen MR) is 124 cm³/mol. The number of hydrogen-bond acceptors (Lipinski definition) is 2. The van der Waals surface area contributed by atoms with Gasteiger partial charge in [0.05, 0.1) is 5.54 Å². The number of nitrogens with zero attached hydrogens (tertiary/aromatic N) is 2. The number of imidazole rings is 1. The lowest BCUT2D eigenvalue weighted by Gasteiger charge is -2.56. The Morgan fingerprint density at radius 2 is 1.84 bits per heavy atom. The molecule has 2 heterocycles. The van der Waals surface area contributed by atoms with E-state index in [2.05, 4.69) is 28.6 Å². The molecule has 1 amide bonds. The minimum atomic E-state index is -0.498. The second kappa shape index (κ2) is 7.52. The molecule has 3 aromatic rings. The van der Waals surface area contributed by atoms with Gasteiger partial charge in [-0.3, -0.25) is 4.79 Å². The fraction of sp³-hybridized carbons (Fsp3) is 0.385. The molecule has 0 saturated heterocycles. The van der Waals surface area contributed by atoms with Crippen molar-refractivity contribution < 1.29 is 4.79 Å². The van der Waals surface area contributed by atoms with Crippen molar-refractivity contribution in [1.82, 2.24) is 9.55 Å². The van der Waals surface area contributed by atoms with E-state index in [1.54, 1.807) is 6.20 Å². The van der Waals surface area contributed by atoms with Gasteiger partial charge in [-0.1, -0.05) is 54.9 Å². The van der Waals surface area contributed by atoms with E-state index in [0.29, 0.717) is 11.4 Å². The molecule has 2 fully saturated rings. The minimum absolute atomic E-state index is 0.286. The zero-order chi connectivity index (χ0) is 21.6. The number of amides is 1. The van der Waals surface area contributed by atoms with Gasteiger partial charge >= 0.3 is 0 Å². The molecule has 6 rings (SSSR count). The largest absolute Gasteiger partial charge is 0.370 e. The smallest absolute Gasteiger partial charge is 0.217 e. The number of benzene rings is 2. The summed E-state index contributed by atoms with van der Waals surface area (Å²) in [6.45, 7) is 2.44. The number of fused-ring (bicyclic) bond motifs is 4. The van der Waals surface area contributed by atoms with Crippen LogP contribution in [-0.2, 0) is 10.3 Å². The molecule has 0 spiro atoms. The number of nitrogens with two attached hydrogens (primary N) is 1. The number of halogens is 1. The first-order valence-electron chi connectivity index (χ1n) is 11.1. The summed E-state index contributed by atoms with van der Waals surface area (Å²) in [4.78, 5) is 16.0. The van der Waals surface area contributed by atoms with Crippen molar-refractivity contribution in [3.8, 4) is 11.4 Å². The van der Waals surface area contributed by atoms with E-state index in [4.69, 9.17) is 17.3 Å². The van der Waals surface area contributed by atoms with E-state index in [1.165, 1.54) is 25.7 Å². The van der Waals surface area contributed by atoms with Gasteiger partial charge in [-0.15, -0.1) is 0 Å². The average Bonchev–Trinajstić information content (AvgIpc) is 3.34. The zero-order valence-corrected chi connectivity index (χ0v) is 18.6. The first-order valence-corrected chi connectivity index (χ1v) is 11.5. The monoisotopic (exact) mass is 433 g/mol. The van der Waals surface area contributed by atoms with Crippen LogP contribution in [0.5, 0.6) is 0 Å². The van der Waals surface area contributed by atoms with Crippen LogP contribution in [0.15, 0.2) is 60.9 Å². The first kappa shape index (κ1) is 20.3. The number of primary amides is 1. The highest BCUT2D eigenvalue weighted by molar-refractivity contribution is 6.30. The Labute approximate surface area is 188 Å². The van der Waals surface area contributed by atoms with Crippen LogP contribution in [0.4, 0.5) is 0 Å². The maximum atomic E-state index is 11.5. The molecular formula is C26H28ClN3O. The summed E-state index contributed by atoms with van der Waals surface area (Å²) in [5.74, 6) is 1.76. The molecule has 5 heteroatoms. The number of carbonyl (C=O) groups excluding carboxylic acids is 1. The van der Waals surface area contributed by atoms with Gasteiger partial charge in [0.1, 0.15) is 5.82 Å². The molecule has 160 valence electrons. The highest BCUT2D eigenvalue weighted by Crippen LogP contribution is 2.60. The third kappa shape index (κ3) is 3.20. The number of hydrogen-bond donors (Lipinski definition) is 1. The summed E-state index contributed by atoms with van der Waals surface area (Å²) in [6, 6.07) is 15.9. The predicted octanol–water partition coefficient (Wildman–Crippen LogP) is 5.77. The summed E-state index contributed by atoms with van der Waals surface area (Å²) in [7, 11) is 0. The molecule has 1 unspecified atom stereocenters. The van der Waals surface area contributed by atoms with E-state index >= 15 is 0 Å². The van der Waals surface area contributed by atoms with Crippen LogP contribution in [0, 0.1) is 11.3 Å². The lowest BCUT2D eigenvalue weighted by Crippen LogP contribution is -2.45. The maximum absolute atomic E-state index is 11.5. The van der Waals surface area contributed by atoms with E-state index in [0.717, 1.165) is 33.8 Å².